The van der Waals surface area contributed by atoms with Gasteiger partial charge in [0.2, 0.25) is 0 Å². The number of nitrogens with one attached hydrogen (secondary N) is 4. The Balaban J connectivity index is 1.43. The van der Waals surface area contributed by atoms with Gasteiger partial charge in [0.15, 0.2) is 0 Å². The van der Waals surface area contributed by atoms with Gasteiger partial charge < -0.3 is 10.1 Å². The van der Waals surface area contributed by atoms with E-state index in [1.165, 1.54) is 6.26 Å². The molecule has 2 aliphatic heterocycles. The van der Waals surface area contributed by atoms with Gasteiger partial charge in [-0.05, 0) is 31.6 Å². The minimum Gasteiger partial charge on any atom is -0.360 e. The molecule has 0 bridgehead atoms. The van der Waals surface area contributed by atoms with E-state index in [9.17, 15) is 8.42 Å². The second-order valence-electron chi connectivity index (χ2n) is 7.15. The fourth-order valence-electron chi connectivity index (χ4n) is 3.97. The van der Waals surface area contributed by atoms with Crippen LogP contribution in [0.4, 0.5) is 0 Å². The highest BCUT2D eigenvalue weighted by Crippen LogP contribution is 2.30. The highest BCUT2D eigenvalue weighted by molar-refractivity contribution is 7.91. The molecular weight excluding hydrogens is 316 g/mol. The first-order chi connectivity index (χ1) is 11.0. The van der Waals surface area contributed by atoms with Gasteiger partial charge in [0.05, 0.1) is 24.3 Å². The maximum atomic E-state index is 11.7. The molecule has 3 atom stereocenters. The standard InChI is InChI=1S/C15H30N4O3S/c1-23(20,21)13-4-2-11(3-5-13)14-8-16-9-15(19-14)18-7-12-6-17-10-22-12/h11-19H,2-10H2,1H3. The third kappa shape index (κ3) is 4.87. The van der Waals surface area contributed by atoms with E-state index in [4.69, 9.17) is 4.74 Å². The molecule has 0 aromatic heterocycles. The third-order valence-electron chi connectivity index (χ3n) is 5.41. The number of sulfone groups is 1. The lowest BCUT2D eigenvalue weighted by Crippen LogP contribution is -2.63. The lowest BCUT2D eigenvalue weighted by atomic mass is 9.83. The molecule has 0 aromatic carbocycles. The van der Waals surface area contributed by atoms with E-state index >= 15 is 0 Å². The Kier molecular flexibility index (Phi) is 5.92. The predicted molar refractivity (Wildman–Crippen MR) is 89.9 cm³/mol. The average Bonchev–Trinajstić information content (AvgIpc) is 3.06. The van der Waals surface area contributed by atoms with Crippen molar-refractivity contribution in [2.45, 2.75) is 49.2 Å². The Labute approximate surface area is 139 Å². The molecule has 0 radical (unpaired) electrons. The molecular formula is C15H30N4O3S. The van der Waals surface area contributed by atoms with E-state index in [0.29, 0.717) is 18.7 Å². The lowest BCUT2D eigenvalue weighted by Gasteiger charge is -2.39. The molecule has 2 saturated heterocycles. The zero-order valence-electron chi connectivity index (χ0n) is 13.9. The van der Waals surface area contributed by atoms with Gasteiger partial charge in [-0.3, -0.25) is 16.0 Å². The second-order valence-corrected chi connectivity index (χ2v) is 9.47. The van der Waals surface area contributed by atoms with Crippen LogP contribution in [0.5, 0.6) is 0 Å². The zero-order valence-corrected chi connectivity index (χ0v) is 14.7. The summed E-state index contributed by atoms with van der Waals surface area (Å²) in [5.74, 6) is 0.564. The smallest absolute Gasteiger partial charge is 0.150 e. The Bertz CT molecular complexity index is 473. The summed E-state index contributed by atoms with van der Waals surface area (Å²) in [6.07, 6.45) is 5.49. The Morgan fingerprint density at radius 2 is 1.87 bits per heavy atom. The van der Waals surface area contributed by atoms with Gasteiger partial charge in [0.25, 0.3) is 0 Å². The quantitative estimate of drug-likeness (QED) is 0.508. The molecule has 23 heavy (non-hydrogen) atoms. The SMILES string of the molecule is CS(=O)(=O)C1CCC(C2CNCC(NCC3CNCO3)N2)CC1. The van der Waals surface area contributed by atoms with Crippen molar-refractivity contribution in [2.24, 2.45) is 5.92 Å². The lowest BCUT2D eigenvalue weighted by molar-refractivity contribution is 0.104. The van der Waals surface area contributed by atoms with Crippen molar-refractivity contribution in [3.8, 4) is 0 Å². The van der Waals surface area contributed by atoms with E-state index in [-0.39, 0.29) is 17.5 Å². The highest BCUT2D eigenvalue weighted by atomic mass is 32.2. The van der Waals surface area contributed by atoms with Crippen LogP contribution in [0.1, 0.15) is 25.7 Å². The van der Waals surface area contributed by atoms with Crippen LogP contribution in [0.25, 0.3) is 0 Å². The number of hydrogen-bond donors (Lipinski definition) is 4. The normalized spacial score (nSPS) is 39.4. The molecule has 3 rings (SSSR count). The van der Waals surface area contributed by atoms with Gasteiger partial charge in [-0.2, -0.15) is 0 Å². The molecule has 0 amide bonds. The van der Waals surface area contributed by atoms with Gasteiger partial charge in [-0.25, -0.2) is 8.42 Å². The number of piperazine rings is 1. The van der Waals surface area contributed by atoms with Crippen LogP contribution in [-0.4, -0.2) is 71.1 Å². The van der Waals surface area contributed by atoms with Crippen LogP contribution < -0.4 is 21.3 Å². The summed E-state index contributed by atoms with van der Waals surface area (Å²) in [5.41, 5.74) is 0. The summed E-state index contributed by atoms with van der Waals surface area (Å²) in [7, 11) is -2.88. The minimum atomic E-state index is -2.88. The van der Waals surface area contributed by atoms with Crippen LogP contribution in [0.2, 0.25) is 0 Å². The van der Waals surface area contributed by atoms with Gasteiger partial charge >= 0.3 is 0 Å². The first-order valence-electron chi connectivity index (χ1n) is 8.73. The molecule has 3 fully saturated rings. The number of hydrogen-bond acceptors (Lipinski definition) is 7. The number of rotatable bonds is 5. The van der Waals surface area contributed by atoms with Crippen molar-refractivity contribution in [3.63, 3.8) is 0 Å². The summed E-state index contributed by atoms with van der Waals surface area (Å²) >= 11 is 0. The van der Waals surface area contributed by atoms with Crippen LogP contribution in [0, 0.1) is 5.92 Å². The van der Waals surface area contributed by atoms with Crippen molar-refractivity contribution in [2.75, 3.05) is 39.2 Å². The van der Waals surface area contributed by atoms with Crippen molar-refractivity contribution in [1.82, 2.24) is 21.3 Å². The van der Waals surface area contributed by atoms with Crippen LogP contribution >= 0.6 is 0 Å². The molecule has 3 aliphatic rings. The average molecular weight is 346 g/mol. The zero-order chi connectivity index (χ0) is 16.3. The summed E-state index contributed by atoms with van der Waals surface area (Å²) in [4.78, 5) is 0. The molecule has 0 aromatic rings. The first kappa shape index (κ1) is 17.6. The van der Waals surface area contributed by atoms with Gasteiger partial charge in [0, 0.05) is 38.5 Å². The molecule has 0 spiro atoms. The summed E-state index contributed by atoms with van der Waals surface area (Å²) in [5, 5.41) is 13.8. The van der Waals surface area contributed by atoms with E-state index < -0.39 is 9.84 Å². The third-order valence-corrected chi connectivity index (χ3v) is 7.09. The summed E-state index contributed by atoms with van der Waals surface area (Å²) in [6.45, 7) is 4.28. The molecule has 8 heteroatoms. The topological polar surface area (TPSA) is 91.5 Å². The summed E-state index contributed by atoms with van der Waals surface area (Å²) in [6, 6.07) is 0.421. The minimum absolute atomic E-state index is 0.128. The van der Waals surface area contributed by atoms with Crippen LogP contribution in [0.15, 0.2) is 0 Å². The van der Waals surface area contributed by atoms with Crippen molar-refractivity contribution in [3.05, 3.63) is 0 Å². The van der Waals surface area contributed by atoms with Gasteiger partial charge in [0.1, 0.15) is 9.84 Å². The molecule has 134 valence electrons. The molecule has 3 unspecified atom stereocenters. The maximum absolute atomic E-state index is 11.7. The van der Waals surface area contributed by atoms with Crippen molar-refractivity contribution >= 4 is 9.84 Å². The van der Waals surface area contributed by atoms with Crippen LogP contribution in [0.3, 0.4) is 0 Å². The molecule has 2 heterocycles. The van der Waals surface area contributed by atoms with E-state index in [1.807, 2.05) is 0 Å². The second kappa shape index (κ2) is 7.76. The maximum Gasteiger partial charge on any atom is 0.150 e. The van der Waals surface area contributed by atoms with E-state index in [1.54, 1.807) is 0 Å². The molecule has 7 nitrogen and oxygen atoms in total. The largest absolute Gasteiger partial charge is 0.360 e. The monoisotopic (exact) mass is 346 g/mol. The Morgan fingerprint density at radius 1 is 1.09 bits per heavy atom. The first-order valence-corrected chi connectivity index (χ1v) is 10.7. The molecule has 4 N–H and O–H groups in total. The molecule has 1 saturated carbocycles. The highest BCUT2D eigenvalue weighted by Gasteiger charge is 2.34. The van der Waals surface area contributed by atoms with Gasteiger partial charge in [-0.15, -0.1) is 0 Å². The Hall–Kier alpha value is -0.250. The summed E-state index contributed by atoms with van der Waals surface area (Å²) < 4.78 is 28.9. The van der Waals surface area contributed by atoms with Gasteiger partial charge in [-0.1, -0.05) is 0 Å². The molecule has 1 aliphatic carbocycles. The van der Waals surface area contributed by atoms with Crippen LogP contribution in [-0.2, 0) is 14.6 Å². The van der Waals surface area contributed by atoms with Crippen molar-refractivity contribution in [1.29, 1.82) is 0 Å². The number of ether oxygens (including phenoxy) is 1. The fourth-order valence-corrected chi connectivity index (χ4v) is 5.10. The predicted octanol–water partition coefficient (Wildman–Crippen LogP) is -0.987. The fraction of sp³-hybridized carbons (Fsp3) is 1.00. The van der Waals surface area contributed by atoms with Crippen molar-refractivity contribution < 1.29 is 13.2 Å². The van der Waals surface area contributed by atoms with E-state index in [0.717, 1.165) is 51.9 Å². The van der Waals surface area contributed by atoms with E-state index in [2.05, 4.69) is 21.3 Å². The Morgan fingerprint density at radius 3 is 2.52 bits per heavy atom.